The number of carbonyl (C=O) groups excluding carboxylic acids is 2. The molecule has 1 aromatic rings. The number of carbonyl (C=O) groups is 3. The molecule has 7 heteroatoms. The predicted octanol–water partition coefficient (Wildman–Crippen LogP) is 1.32. The van der Waals surface area contributed by atoms with E-state index in [4.69, 9.17) is 5.11 Å². The molecule has 0 aromatic heterocycles. The number of aliphatic carboxylic acids is 1. The lowest BCUT2D eigenvalue weighted by atomic mass is 10.1. The van der Waals surface area contributed by atoms with Crippen molar-refractivity contribution in [3.05, 3.63) is 23.8 Å². The van der Waals surface area contributed by atoms with Crippen LogP contribution in [0.25, 0.3) is 0 Å². The Morgan fingerprint density at radius 3 is 2.90 bits per heavy atom. The van der Waals surface area contributed by atoms with Crippen molar-refractivity contribution in [3.8, 4) is 0 Å². The Morgan fingerprint density at radius 1 is 1.45 bits per heavy atom. The number of hydrogen-bond donors (Lipinski definition) is 3. The Bertz CT molecular complexity index is 573. The van der Waals surface area contributed by atoms with Crippen LogP contribution in [0.4, 0.5) is 5.69 Å². The van der Waals surface area contributed by atoms with Gasteiger partial charge in [-0.1, -0.05) is 0 Å². The van der Waals surface area contributed by atoms with Crippen LogP contribution in [0.15, 0.2) is 23.1 Å². The number of amides is 2. The lowest BCUT2D eigenvalue weighted by molar-refractivity contribution is -0.138. The largest absolute Gasteiger partial charge is 0.480 e. The average molecular weight is 294 g/mol. The molecule has 0 radical (unpaired) electrons. The standard InChI is InChI=1S/C13H14N2O4S/c1-7(13(18)19)14-12(17)8-2-3-10-9(6-8)15-11(16)4-5-20-10/h2-3,6-7H,4-5H2,1H3,(H,14,17)(H,15,16)(H,18,19)/t7-/m1/s1. The molecule has 1 aromatic carbocycles. The summed E-state index contributed by atoms with van der Waals surface area (Å²) < 4.78 is 0. The Labute approximate surface area is 119 Å². The lowest BCUT2D eigenvalue weighted by Crippen LogP contribution is -2.38. The fraction of sp³-hybridized carbons (Fsp3) is 0.308. The van der Waals surface area contributed by atoms with E-state index in [0.29, 0.717) is 23.4 Å². The third kappa shape index (κ3) is 3.30. The van der Waals surface area contributed by atoms with Gasteiger partial charge >= 0.3 is 5.97 Å². The van der Waals surface area contributed by atoms with E-state index < -0.39 is 17.9 Å². The van der Waals surface area contributed by atoms with Crippen LogP contribution < -0.4 is 10.6 Å². The molecule has 1 aliphatic rings. The predicted molar refractivity (Wildman–Crippen MR) is 75.0 cm³/mol. The summed E-state index contributed by atoms with van der Waals surface area (Å²) in [4.78, 5) is 35.0. The van der Waals surface area contributed by atoms with Crippen LogP contribution in [0.2, 0.25) is 0 Å². The highest BCUT2D eigenvalue weighted by molar-refractivity contribution is 7.99. The quantitative estimate of drug-likeness (QED) is 0.781. The number of thioether (sulfide) groups is 1. The monoisotopic (exact) mass is 294 g/mol. The maximum absolute atomic E-state index is 11.9. The van der Waals surface area contributed by atoms with Gasteiger partial charge in [0.05, 0.1) is 5.69 Å². The molecule has 106 valence electrons. The van der Waals surface area contributed by atoms with Gasteiger partial charge < -0.3 is 15.7 Å². The zero-order valence-corrected chi connectivity index (χ0v) is 11.6. The van der Waals surface area contributed by atoms with Crippen LogP contribution in [0, 0.1) is 0 Å². The average Bonchev–Trinajstić information content (AvgIpc) is 2.57. The molecule has 1 aliphatic heterocycles. The number of benzene rings is 1. The molecule has 0 spiro atoms. The van der Waals surface area contributed by atoms with E-state index in [0.717, 1.165) is 4.90 Å². The van der Waals surface area contributed by atoms with Crippen molar-refractivity contribution in [2.45, 2.75) is 24.3 Å². The molecule has 2 rings (SSSR count). The number of rotatable bonds is 3. The van der Waals surface area contributed by atoms with Crippen molar-refractivity contribution in [3.63, 3.8) is 0 Å². The van der Waals surface area contributed by atoms with E-state index >= 15 is 0 Å². The van der Waals surface area contributed by atoms with Gasteiger partial charge in [-0.25, -0.2) is 0 Å². The van der Waals surface area contributed by atoms with Gasteiger partial charge in [-0.05, 0) is 25.1 Å². The molecular weight excluding hydrogens is 280 g/mol. The van der Waals surface area contributed by atoms with Crippen LogP contribution in [0.5, 0.6) is 0 Å². The molecule has 0 aliphatic carbocycles. The second-order valence-electron chi connectivity index (χ2n) is 4.39. The van der Waals surface area contributed by atoms with Crippen LogP contribution in [-0.2, 0) is 9.59 Å². The van der Waals surface area contributed by atoms with Gasteiger partial charge in [0.15, 0.2) is 0 Å². The fourth-order valence-corrected chi connectivity index (χ4v) is 2.64. The number of carboxylic acids is 1. The lowest BCUT2D eigenvalue weighted by Gasteiger charge is -2.11. The summed E-state index contributed by atoms with van der Waals surface area (Å²) >= 11 is 1.54. The third-order valence-electron chi connectivity index (χ3n) is 2.82. The minimum absolute atomic E-state index is 0.0901. The molecule has 0 unspecified atom stereocenters. The Kier molecular flexibility index (Phi) is 4.29. The van der Waals surface area contributed by atoms with Gasteiger partial charge in [-0.15, -0.1) is 11.8 Å². The number of hydrogen-bond acceptors (Lipinski definition) is 4. The second kappa shape index (κ2) is 5.96. The molecule has 0 saturated carbocycles. The molecule has 2 amide bonds. The van der Waals surface area contributed by atoms with Crippen molar-refractivity contribution in [1.82, 2.24) is 5.32 Å². The minimum Gasteiger partial charge on any atom is -0.480 e. The maximum Gasteiger partial charge on any atom is 0.325 e. The SMILES string of the molecule is C[C@@H](NC(=O)c1ccc2c(c1)NC(=O)CCS2)C(=O)O. The highest BCUT2D eigenvalue weighted by Gasteiger charge is 2.18. The molecule has 0 saturated heterocycles. The summed E-state index contributed by atoms with van der Waals surface area (Å²) in [5.74, 6) is -0.976. The summed E-state index contributed by atoms with van der Waals surface area (Å²) in [6, 6.07) is 3.97. The summed E-state index contributed by atoms with van der Waals surface area (Å²) in [7, 11) is 0. The van der Waals surface area contributed by atoms with Crippen LogP contribution in [-0.4, -0.2) is 34.7 Å². The van der Waals surface area contributed by atoms with Gasteiger partial charge in [-0.3, -0.25) is 14.4 Å². The van der Waals surface area contributed by atoms with Crippen LogP contribution in [0.3, 0.4) is 0 Å². The van der Waals surface area contributed by atoms with Crippen molar-refractivity contribution < 1.29 is 19.5 Å². The zero-order valence-electron chi connectivity index (χ0n) is 10.8. The summed E-state index contributed by atoms with van der Waals surface area (Å²) in [5, 5.41) is 13.9. The van der Waals surface area contributed by atoms with Gasteiger partial charge in [0.2, 0.25) is 5.91 Å². The molecule has 0 bridgehead atoms. The van der Waals surface area contributed by atoms with E-state index in [1.807, 2.05) is 0 Å². The summed E-state index contributed by atoms with van der Waals surface area (Å²) in [6.45, 7) is 1.39. The first kappa shape index (κ1) is 14.4. The molecule has 6 nitrogen and oxygen atoms in total. The second-order valence-corrected chi connectivity index (χ2v) is 5.53. The third-order valence-corrected chi connectivity index (χ3v) is 3.90. The maximum atomic E-state index is 11.9. The minimum atomic E-state index is -1.10. The first-order valence-corrected chi connectivity index (χ1v) is 7.06. The van der Waals surface area contributed by atoms with E-state index in [1.165, 1.54) is 6.92 Å². The van der Waals surface area contributed by atoms with Crippen LogP contribution >= 0.6 is 11.8 Å². The number of carboxylic acid groups (broad SMARTS) is 1. The van der Waals surface area contributed by atoms with Gasteiger partial charge in [0, 0.05) is 22.6 Å². The molecule has 20 heavy (non-hydrogen) atoms. The molecule has 3 N–H and O–H groups in total. The first-order valence-electron chi connectivity index (χ1n) is 6.08. The van der Waals surface area contributed by atoms with Crippen molar-refractivity contribution in [1.29, 1.82) is 0 Å². The molecule has 1 heterocycles. The number of fused-ring (bicyclic) bond motifs is 1. The normalized spacial score (nSPS) is 15.6. The molecule has 0 fully saturated rings. The van der Waals surface area contributed by atoms with Gasteiger partial charge in [0.1, 0.15) is 6.04 Å². The van der Waals surface area contributed by atoms with E-state index in [-0.39, 0.29) is 5.91 Å². The van der Waals surface area contributed by atoms with Gasteiger partial charge in [-0.2, -0.15) is 0 Å². The first-order chi connectivity index (χ1) is 9.47. The molecule has 1 atom stereocenters. The highest BCUT2D eigenvalue weighted by atomic mass is 32.2. The van der Waals surface area contributed by atoms with Crippen molar-refractivity contribution in [2.75, 3.05) is 11.1 Å². The fourth-order valence-electron chi connectivity index (χ4n) is 1.70. The van der Waals surface area contributed by atoms with E-state index in [2.05, 4.69) is 10.6 Å². The van der Waals surface area contributed by atoms with Gasteiger partial charge in [0.25, 0.3) is 5.91 Å². The summed E-state index contributed by atoms with van der Waals surface area (Å²) in [5.41, 5.74) is 0.910. The molecular formula is C13H14N2O4S. The zero-order chi connectivity index (χ0) is 14.7. The Balaban J connectivity index is 2.20. The Morgan fingerprint density at radius 2 is 2.20 bits per heavy atom. The highest BCUT2D eigenvalue weighted by Crippen LogP contribution is 2.31. The smallest absolute Gasteiger partial charge is 0.325 e. The number of nitrogens with one attached hydrogen (secondary N) is 2. The Hall–Kier alpha value is -2.02. The summed E-state index contributed by atoms with van der Waals surface area (Å²) in [6.07, 6.45) is 0.428. The van der Waals surface area contributed by atoms with Crippen molar-refractivity contribution >= 4 is 35.2 Å². The van der Waals surface area contributed by atoms with E-state index in [1.54, 1.807) is 30.0 Å². The van der Waals surface area contributed by atoms with E-state index in [9.17, 15) is 14.4 Å². The van der Waals surface area contributed by atoms with Crippen LogP contribution in [0.1, 0.15) is 23.7 Å². The van der Waals surface area contributed by atoms with Crippen molar-refractivity contribution in [2.24, 2.45) is 0 Å². The topological polar surface area (TPSA) is 95.5 Å². The number of anilines is 1.